The van der Waals surface area contributed by atoms with Crippen LogP contribution in [0.2, 0.25) is 5.02 Å². The summed E-state index contributed by atoms with van der Waals surface area (Å²) in [5.74, 6) is -0.414. The Kier molecular flexibility index (Phi) is 7.22. The molecule has 0 unspecified atom stereocenters. The van der Waals surface area contributed by atoms with Crippen LogP contribution in [-0.4, -0.2) is 77.8 Å². The molecule has 1 aliphatic rings. The maximum atomic E-state index is 14.2. The summed E-state index contributed by atoms with van der Waals surface area (Å²) in [6.07, 6.45) is 0.480. The molecule has 0 bridgehead atoms. The fourth-order valence-corrected chi connectivity index (χ4v) is 3.50. The van der Waals surface area contributed by atoms with Crippen molar-refractivity contribution in [1.82, 2.24) is 25.2 Å². The maximum absolute atomic E-state index is 14.2. The largest absolute Gasteiger partial charge is 0.496 e. The fourth-order valence-electron chi connectivity index (χ4n) is 3.34. The molecule has 2 amide bonds. The summed E-state index contributed by atoms with van der Waals surface area (Å²) < 4.78 is 25.8. The average molecular weight is 440 g/mol. The van der Waals surface area contributed by atoms with Crippen LogP contribution in [0.4, 0.5) is 4.39 Å². The van der Waals surface area contributed by atoms with Crippen molar-refractivity contribution in [2.75, 3.05) is 33.9 Å². The van der Waals surface area contributed by atoms with E-state index in [2.05, 4.69) is 15.6 Å². The monoisotopic (exact) mass is 439 g/mol. The zero-order chi connectivity index (χ0) is 21.7. The number of ether oxygens (including phenoxy) is 2. The molecular weight excluding hydrogens is 417 g/mol. The lowest BCUT2D eigenvalue weighted by Gasteiger charge is -2.25. The highest BCUT2D eigenvalue weighted by atomic mass is 35.5. The molecule has 0 aliphatic carbocycles. The molecule has 0 spiro atoms. The number of benzene rings is 1. The third-order valence-corrected chi connectivity index (χ3v) is 5.01. The van der Waals surface area contributed by atoms with Gasteiger partial charge in [-0.3, -0.25) is 9.59 Å². The Balaban J connectivity index is 1.71. The topological polar surface area (TPSA) is 98.6 Å². The molecule has 3 rings (SSSR count). The van der Waals surface area contributed by atoms with Gasteiger partial charge >= 0.3 is 0 Å². The van der Waals surface area contributed by atoms with E-state index in [-0.39, 0.29) is 37.0 Å². The number of hydrogen-bond donors (Lipinski definition) is 1. The molecule has 11 heteroatoms. The van der Waals surface area contributed by atoms with Gasteiger partial charge in [-0.25, -0.2) is 9.07 Å². The number of carbonyl (C=O) groups is 2. The smallest absolute Gasteiger partial charge is 0.273 e. The molecule has 0 saturated carbocycles. The number of rotatable bonds is 8. The molecule has 162 valence electrons. The van der Waals surface area contributed by atoms with Crippen molar-refractivity contribution < 1.29 is 23.5 Å². The van der Waals surface area contributed by atoms with E-state index in [0.29, 0.717) is 29.5 Å². The number of amides is 2. The standard InChI is InChI=1S/C19H23ClFN5O4/c1-29-6-5-22-18(27)16-11-25(24-23-16)10-14-8-13(21)9-26(14)19(28)15-4-3-12(20)7-17(15)30-2/h3-4,7,11,13-14H,5-6,8-10H2,1-2H3,(H,22,27)/t13-,14-/m0/s1. The van der Waals surface area contributed by atoms with Gasteiger partial charge in [0.2, 0.25) is 0 Å². The van der Waals surface area contributed by atoms with Crippen LogP contribution in [0.1, 0.15) is 27.3 Å². The number of alkyl halides is 1. The Labute approximate surface area is 178 Å². The zero-order valence-corrected chi connectivity index (χ0v) is 17.4. The van der Waals surface area contributed by atoms with Crippen LogP contribution in [0.5, 0.6) is 5.75 Å². The highest BCUT2D eigenvalue weighted by Gasteiger charge is 2.37. The van der Waals surface area contributed by atoms with E-state index in [1.807, 2.05) is 0 Å². The second kappa shape index (κ2) is 9.86. The van der Waals surface area contributed by atoms with E-state index in [1.165, 1.54) is 30.0 Å². The average Bonchev–Trinajstić information content (AvgIpc) is 3.34. The molecule has 1 aromatic carbocycles. The minimum Gasteiger partial charge on any atom is -0.496 e. The summed E-state index contributed by atoms with van der Waals surface area (Å²) in [6.45, 7) is 0.902. The molecule has 0 radical (unpaired) electrons. The van der Waals surface area contributed by atoms with Gasteiger partial charge in [-0.2, -0.15) is 0 Å². The Morgan fingerprint density at radius 3 is 2.90 bits per heavy atom. The normalized spacial score (nSPS) is 18.5. The van der Waals surface area contributed by atoms with Crippen molar-refractivity contribution >= 4 is 23.4 Å². The van der Waals surface area contributed by atoms with Crippen LogP contribution < -0.4 is 10.1 Å². The van der Waals surface area contributed by atoms with Crippen molar-refractivity contribution in [2.45, 2.75) is 25.2 Å². The molecule has 2 heterocycles. The second-order valence-electron chi connectivity index (χ2n) is 6.86. The lowest BCUT2D eigenvalue weighted by molar-refractivity contribution is 0.0711. The zero-order valence-electron chi connectivity index (χ0n) is 16.7. The number of nitrogens with zero attached hydrogens (tertiary/aromatic N) is 4. The van der Waals surface area contributed by atoms with Crippen LogP contribution in [-0.2, 0) is 11.3 Å². The summed E-state index contributed by atoms with van der Waals surface area (Å²) in [6, 6.07) is 4.24. The fraction of sp³-hybridized carbons (Fsp3) is 0.474. The molecule has 2 atom stereocenters. The second-order valence-corrected chi connectivity index (χ2v) is 7.30. The van der Waals surface area contributed by atoms with Gasteiger partial charge in [0, 0.05) is 25.1 Å². The third kappa shape index (κ3) is 5.06. The Bertz CT molecular complexity index is 909. The van der Waals surface area contributed by atoms with Crippen LogP contribution >= 0.6 is 11.6 Å². The molecule has 2 aromatic rings. The Hall–Kier alpha value is -2.72. The number of methoxy groups -OCH3 is 2. The highest BCUT2D eigenvalue weighted by molar-refractivity contribution is 6.30. The summed E-state index contributed by atoms with van der Waals surface area (Å²) >= 11 is 5.96. The van der Waals surface area contributed by atoms with Crippen LogP contribution in [0.25, 0.3) is 0 Å². The molecule has 30 heavy (non-hydrogen) atoms. The van der Waals surface area contributed by atoms with Gasteiger partial charge in [0.25, 0.3) is 11.8 Å². The number of carbonyl (C=O) groups excluding carboxylic acids is 2. The summed E-state index contributed by atoms with van der Waals surface area (Å²) in [5, 5.41) is 10.9. The Morgan fingerprint density at radius 1 is 1.37 bits per heavy atom. The summed E-state index contributed by atoms with van der Waals surface area (Å²) in [7, 11) is 2.98. The van der Waals surface area contributed by atoms with Crippen molar-refractivity contribution in [3.05, 3.63) is 40.7 Å². The van der Waals surface area contributed by atoms with Gasteiger partial charge in [0.05, 0.1) is 44.6 Å². The van der Waals surface area contributed by atoms with E-state index in [9.17, 15) is 14.0 Å². The molecule has 1 saturated heterocycles. The quantitative estimate of drug-likeness (QED) is 0.627. The van der Waals surface area contributed by atoms with Gasteiger partial charge in [0.1, 0.15) is 11.9 Å². The predicted octanol–water partition coefficient (Wildman–Crippen LogP) is 1.57. The minimum atomic E-state index is -1.16. The molecule has 9 nitrogen and oxygen atoms in total. The van der Waals surface area contributed by atoms with Crippen molar-refractivity contribution in [1.29, 1.82) is 0 Å². The van der Waals surface area contributed by atoms with E-state index in [0.717, 1.165) is 0 Å². The van der Waals surface area contributed by atoms with Crippen molar-refractivity contribution in [3.63, 3.8) is 0 Å². The van der Waals surface area contributed by atoms with Crippen molar-refractivity contribution in [3.8, 4) is 5.75 Å². The first-order valence-electron chi connectivity index (χ1n) is 9.38. The maximum Gasteiger partial charge on any atom is 0.273 e. The number of aromatic nitrogens is 3. The highest BCUT2D eigenvalue weighted by Crippen LogP contribution is 2.29. The van der Waals surface area contributed by atoms with Gasteiger partial charge in [0.15, 0.2) is 5.69 Å². The van der Waals surface area contributed by atoms with E-state index in [4.69, 9.17) is 21.1 Å². The van der Waals surface area contributed by atoms with Gasteiger partial charge < -0.3 is 19.7 Å². The molecule has 1 aliphatic heterocycles. The summed E-state index contributed by atoms with van der Waals surface area (Å²) in [4.78, 5) is 26.6. The van der Waals surface area contributed by atoms with Gasteiger partial charge in [-0.05, 0) is 18.2 Å². The molecule has 1 N–H and O–H groups in total. The van der Waals surface area contributed by atoms with Gasteiger partial charge in [-0.1, -0.05) is 16.8 Å². The van der Waals surface area contributed by atoms with Crippen LogP contribution in [0.15, 0.2) is 24.4 Å². The molecule has 1 aromatic heterocycles. The number of nitrogens with one attached hydrogen (secondary N) is 1. The number of halogens is 2. The molecule has 1 fully saturated rings. The first-order valence-corrected chi connectivity index (χ1v) is 9.76. The Morgan fingerprint density at radius 2 is 2.17 bits per heavy atom. The first kappa shape index (κ1) is 22.0. The van der Waals surface area contributed by atoms with Crippen LogP contribution in [0, 0.1) is 0 Å². The first-order chi connectivity index (χ1) is 14.4. The summed E-state index contributed by atoms with van der Waals surface area (Å²) in [5.41, 5.74) is 0.441. The molecular formula is C19H23ClFN5O4. The predicted molar refractivity (Wildman–Crippen MR) is 107 cm³/mol. The van der Waals surface area contributed by atoms with Crippen molar-refractivity contribution in [2.24, 2.45) is 0 Å². The van der Waals surface area contributed by atoms with E-state index in [1.54, 1.807) is 18.2 Å². The lowest BCUT2D eigenvalue weighted by atomic mass is 10.1. The SMILES string of the molecule is COCCNC(=O)c1cn(C[C@@H]2C[C@H](F)CN2C(=O)c2ccc(Cl)cc2OC)nn1. The minimum absolute atomic E-state index is 0.0334. The van der Waals surface area contributed by atoms with Gasteiger partial charge in [-0.15, -0.1) is 5.10 Å². The van der Waals surface area contributed by atoms with E-state index < -0.39 is 12.2 Å². The van der Waals surface area contributed by atoms with E-state index >= 15 is 0 Å². The lowest BCUT2D eigenvalue weighted by Crippen LogP contribution is -2.38. The number of hydrogen-bond acceptors (Lipinski definition) is 6. The van der Waals surface area contributed by atoms with Crippen LogP contribution in [0.3, 0.4) is 0 Å². The third-order valence-electron chi connectivity index (χ3n) is 4.78. The number of likely N-dealkylation sites (tertiary alicyclic amines) is 1.